The Kier molecular flexibility index (Phi) is 5.14. The lowest BCUT2D eigenvalue weighted by Crippen LogP contribution is -2.33. The molecule has 1 heterocycles. The minimum atomic E-state index is -0.197. The van der Waals surface area contributed by atoms with Crippen molar-refractivity contribution in [2.75, 3.05) is 11.8 Å². The van der Waals surface area contributed by atoms with Crippen LogP contribution in [0.4, 0.5) is 0 Å². The minimum absolute atomic E-state index is 0.197. The standard InChI is InChI=1S/C14H13BrCl2S/c15-12-6-7-18-13(12)8-14(9-16,10-17)11-4-2-1-3-5-11/h1-7H,8-10H2. The third-order valence-electron chi connectivity index (χ3n) is 3.09. The second kappa shape index (κ2) is 6.42. The molecule has 18 heavy (non-hydrogen) atoms. The van der Waals surface area contributed by atoms with Gasteiger partial charge in [-0.15, -0.1) is 34.5 Å². The van der Waals surface area contributed by atoms with Crippen molar-refractivity contribution in [2.24, 2.45) is 0 Å². The maximum atomic E-state index is 6.23. The van der Waals surface area contributed by atoms with Crippen LogP contribution in [-0.4, -0.2) is 11.8 Å². The van der Waals surface area contributed by atoms with Crippen LogP contribution in [-0.2, 0) is 11.8 Å². The fourth-order valence-electron chi connectivity index (χ4n) is 1.94. The molecular formula is C14H13BrCl2S. The fraction of sp³-hybridized carbons (Fsp3) is 0.286. The van der Waals surface area contributed by atoms with Crippen molar-refractivity contribution in [1.82, 2.24) is 0 Å². The zero-order valence-corrected chi connectivity index (χ0v) is 13.6. The molecule has 0 fully saturated rings. The van der Waals surface area contributed by atoms with Crippen molar-refractivity contribution in [3.8, 4) is 0 Å². The van der Waals surface area contributed by atoms with E-state index in [9.17, 15) is 0 Å². The highest BCUT2D eigenvalue weighted by Crippen LogP contribution is 2.35. The summed E-state index contributed by atoms with van der Waals surface area (Å²) in [6.45, 7) is 0. The van der Waals surface area contributed by atoms with Crippen LogP contribution in [0.3, 0.4) is 0 Å². The lowest BCUT2D eigenvalue weighted by molar-refractivity contribution is 0.540. The maximum absolute atomic E-state index is 6.23. The van der Waals surface area contributed by atoms with Gasteiger partial charge in [-0.05, 0) is 39.4 Å². The van der Waals surface area contributed by atoms with Gasteiger partial charge >= 0.3 is 0 Å². The molecule has 0 aliphatic carbocycles. The van der Waals surface area contributed by atoms with Gasteiger partial charge in [0.15, 0.2) is 0 Å². The lowest BCUT2D eigenvalue weighted by Gasteiger charge is -2.30. The molecule has 0 bridgehead atoms. The smallest absolute Gasteiger partial charge is 0.0335 e. The summed E-state index contributed by atoms with van der Waals surface area (Å²) in [5, 5.41) is 2.08. The number of rotatable bonds is 5. The highest BCUT2D eigenvalue weighted by molar-refractivity contribution is 9.10. The SMILES string of the molecule is ClCC(CCl)(Cc1sccc1Br)c1ccccc1. The second-order valence-electron chi connectivity index (χ2n) is 4.28. The Morgan fingerprint density at radius 1 is 1.06 bits per heavy atom. The van der Waals surface area contributed by atoms with Gasteiger partial charge in [-0.3, -0.25) is 0 Å². The maximum Gasteiger partial charge on any atom is 0.0335 e. The molecule has 1 aromatic carbocycles. The van der Waals surface area contributed by atoms with Gasteiger partial charge in [-0.1, -0.05) is 30.3 Å². The number of halogens is 3. The third kappa shape index (κ3) is 2.93. The van der Waals surface area contributed by atoms with Gasteiger partial charge in [0.1, 0.15) is 0 Å². The van der Waals surface area contributed by atoms with E-state index in [1.807, 2.05) is 18.2 Å². The average molecular weight is 364 g/mol. The van der Waals surface area contributed by atoms with Crippen LogP contribution in [0.25, 0.3) is 0 Å². The van der Waals surface area contributed by atoms with Gasteiger partial charge in [0.2, 0.25) is 0 Å². The molecule has 0 nitrogen and oxygen atoms in total. The van der Waals surface area contributed by atoms with Crippen molar-refractivity contribution < 1.29 is 0 Å². The van der Waals surface area contributed by atoms with Gasteiger partial charge in [-0.2, -0.15) is 0 Å². The van der Waals surface area contributed by atoms with Crippen molar-refractivity contribution >= 4 is 50.5 Å². The van der Waals surface area contributed by atoms with Crippen molar-refractivity contribution in [3.63, 3.8) is 0 Å². The first kappa shape index (κ1) is 14.4. The second-order valence-corrected chi connectivity index (χ2v) is 6.67. The van der Waals surface area contributed by atoms with E-state index in [0.717, 1.165) is 10.9 Å². The molecule has 0 N–H and O–H groups in total. The van der Waals surface area contributed by atoms with E-state index in [2.05, 4.69) is 39.5 Å². The normalized spacial score (nSPS) is 11.7. The van der Waals surface area contributed by atoms with Crippen LogP contribution in [0.1, 0.15) is 10.4 Å². The van der Waals surface area contributed by atoms with Crippen LogP contribution < -0.4 is 0 Å². The number of alkyl halides is 2. The summed E-state index contributed by atoms with van der Waals surface area (Å²) in [7, 11) is 0. The Bertz CT molecular complexity index is 492. The minimum Gasteiger partial charge on any atom is -0.148 e. The zero-order valence-electron chi connectivity index (χ0n) is 9.70. The number of thiophene rings is 1. The van der Waals surface area contributed by atoms with Crippen molar-refractivity contribution in [3.05, 3.63) is 56.7 Å². The summed E-state index contributed by atoms with van der Waals surface area (Å²) in [6.07, 6.45) is 0.863. The van der Waals surface area contributed by atoms with Gasteiger partial charge in [0.05, 0.1) is 0 Å². The first-order valence-corrected chi connectivity index (χ1v) is 8.35. The van der Waals surface area contributed by atoms with E-state index in [4.69, 9.17) is 23.2 Å². The van der Waals surface area contributed by atoms with E-state index in [1.165, 1.54) is 10.4 Å². The molecule has 0 aliphatic heterocycles. The lowest BCUT2D eigenvalue weighted by atomic mass is 9.80. The molecule has 0 spiro atoms. The van der Waals surface area contributed by atoms with Crippen LogP contribution in [0.5, 0.6) is 0 Å². The van der Waals surface area contributed by atoms with Crippen molar-refractivity contribution in [1.29, 1.82) is 0 Å². The van der Waals surface area contributed by atoms with Crippen molar-refractivity contribution in [2.45, 2.75) is 11.8 Å². The van der Waals surface area contributed by atoms with Gasteiger partial charge in [0, 0.05) is 26.5 Å². The van der Waals surface area contributed by atoms with Gasteiger partial charge in [0.25, 0.3) is 0 Å². The predicted molar refractivity (Wildman–Crippen MR) is 85.3 cm³/mol. The summed E-state index contributed by atoms with van der Waals surface area (Å²) < 4.78 is 1.14. The quantitative estimate of drug-likeness (QED) is 0.618. The molecule has 4 heteroatoms. The van der Waals surface area contributed by atoms with E-state index in [1.54, 1.807) is 11.3 Å². The van der Waals surface area contributed by atoms with Gasteiger partial charge < -0.3 is 0 Å². The van der Waals surface area contributed by atoms with E-state index < -0.39 is 0 Å². The van der Waals surface area contributed by atoms with Crippen LogP contribution in [0.15, 0.2) is 46.3 Å². The number of hydrogen-bond donors (Lipinski definition) is 0. The molecule has 2 aromatic rings. The summed E-state index contributed by atoms with van der Waals surface area (Å²) >= 11 is 17.8. The van der Waals surface area contributed by atoms with Gasteiger partial charge in [-0.25, -0.2) is 0 Å². The predicted octanol–water partition coefficient (Wildman–Crippen LogP) is 5.47. The zero-order chi connectivity index (χ0) is 13.0. The Labute approximate surface area is 130 Å². The molecule has 0 radical (unpaired) electrons. The molecule has 0 amide bonds. The topological polar surface area (TPSA) is 0 Å². The molecule has 0 saturated carbocycles. The fourth-order valence-corrected chi connectivity index (χ4v) is 4.36. The molecule has 1 aromatic heterocycles. The van der Waals surface area contributed by atoms with Crippen LogP contribution in [0, 0.1) is 0 Å². The van der Waals surface area contributed by atoms with E-state index in [-0.39, 0.29) is 5.41 Å². The largest absolute Gasteiger partial charge is 0.148 e. The number of hydrogen-bond acceptors (Lipinski definition) is 1. The highest BCUT2D eigenvalue weighted by atomic mass is 79.9. The molecule has 96 valence electrons. The monoisotopic (exact) mass is 362 g/mol. The summed E-state index contributed by atoms with van der Waals surface area (Å²) in [5.41, 5.74) is 1.01. The van der Waals surface area contributed by atoms with Crippen LogP contribution >= 0.6 is 50.5 Å². The Morgan fingerprint density at radius 2 is 1.72 bits per heavy atom. The Hall–Kier alpha value is -0.0200. The molecular weight excluding hydrogens is 351 g/mol. The van der Waals surface area contributed by atoms with Crippen LogP contribution in [0.2, 0.25) is 0 Å². The van der Waals surface area contributed by atoms with E-state index >= 15 is 0 Å². The first-order chi connectivity index (χ1) is 8.72. The summed E-state index contributed by atoms with van der Waals surface area (Å²) in [4.78, 5) is 1.29. The average Bonchev–Trinajstić information content (AvgIpc) is 2.82. The van der Waals surface area contributed by atoms with E-state index in [0.29, 0.717) is 11.8 Å². The first-order valence-electron chi connectivity index (χ1n) is 5.61. The molecule has 0 saturated heterocycles. The molecule has 0 unspecified atom stereocenters. The summed E-state index contributed by atoms with van der Waals surface area (Å²) in [5.74, 6) is 1.04. The molecule has 0 atom stereocenters. The summed E-state index contributed by atoms with van der Waals surface area (Å²) in [6, 6.07) is 12.4. The Balaban J connectivity index is 2.36. The molecule has 2 rings (SSSR count). The Morgan fingerprint density at radius 3 is 2.22 bits per heavy atom. The molecule has 0 aliphatic rings. The third-order valence-corrected chi connectivity index (χ3v) is 6.04. The highest BCUT2D eigenvalue weighted by Gasteiger charge is 2.31. The number of benzene rings is 1.